The molecular weight excluding hydrogens is 332 g/mol. The number of hydrogen-bond donors (Lipinski definition) is 1. The summed E-state index contributed by atoms with van der Waals surface area (Å²) in [7, 11) is 1.87. The van der Waals surface area contributed by atoms with E-state index in [0.29, 0.717) is 24.5 Å². The SMILES string of the molecule is Cc1noc(C2(O)CCN(C(=O)c3ccc(-c4ccccc4)n3C)C2)n1. The first-order valence-electron chi connectivity index (χ1n) is 8.51. The number of benzene rings is 1. The van der Waals surface area contributed by atoms with E-state index >= 15 is 0 Å². The van der Waals surface area contributed by atoms with Crippen molar-refractivity contribution in [2.45, 2.75) is 18.9 Å². The first-order chi connectivity index (χ1) is 12.5. The van der Waals surface area contributed by atoms with Crippen molar-refractivity contribution in [1.29, 1.82) is 0 Å². The van der Waals surface area contributed by atoms with Gasteiger partial charge in [-0.3, -0.25) is 4.79 Å². The van der Waals surface area contributed by atoms with E-state index in [2.05, 4.69) is 10.1 Å². The Kier molecular flexibility index (Phi) is 3.88. The number of aryl methyl sites for hydroxylation is 1. The highest BCUT2D eigenvalue weighted by atomic mass is 16.5. The Hall–Kier alpha value is -2.93. The molecule has 1 aliphatic rings. The average Bonchev–Trinajstić information content (AvgIpc) is 3.35. The fourth-order valence-corrected chi connectivity index (χ4v) is 3.41. The van der Waals surface area contributed by atoms with Crippen LogP contribution in [0, 0.1) is 6.92 Å². The predicted molar refractivity (Wildman–Crippen MR) is 94.3 cm³/mol. The van der Waals surface area contributed by atoms with Gasteiger partial charge in [0.25, 0.3) is 11.8 Å². The minimum Gasteiger partial charge on any atom is -0.378 e. The second-order valence-corrected chi connectivity index (χ2v) is 6.68. The number of aliphatic hydroxyl groups is 1. The molecule has 26 heavy (non-hydrogen) atoms. The van der Waals surface area contributed by atoms with Crippen LogP contribution in [-0.4, -0.2) is 43.7 Å². The molecule has 1 saturated heterocycles. The third-order valence-electron chi connectivity index (χ3n) is 4.87. The van der Waals surface area contributed by atoms with Crippen LogP contribution in [-0.2, 0) is 12.6 Å². The minimum atomic E-state index is -1.29. The van der Waals surface area contributed by atoms with Gasteiger partial charge in [-0.15, -0.1) is 0 Å². The zero-order chi connectivity index (χ0) is 18.3. The molecule has 1 aromatic carbocycles. The lowest BCUT2D eigenvalue weighted by Crippen LogP contribution is -2.35. The van der Waals surface area contributed by atoms with Crippen LogP contribution >= 0.6 is 0 Å². The Morgan fingerprint density at radius 2 is 2.00 bits per heavy atom. The average molecular weight is 352 g/mol. The Labute approximate surface area is 150 Å². The number of hydrogen-bond acceptors (Lipinski definition) is 5. The molecule has 1 amide bonds. The molecule has 0 bridgehead atoms. The van der Waals surface area contributed by atoms with Crippen molar-refractivity contribution in [3.8, 4) is 11.3 Å². The quantitative estimate of drug-likeness (QED) is 0.780. The highest BCUT2D eigenvalue weighted by molar-refractivity contribution is 5.94. The summed E-state index contributed by atoms with van der Waals surface area (Å²) in [6.45, 7) is 2.27. The van der Waals surface area contributed by atoms with Crippen molar-refractivity contribution >= 4 is 5.91 Å². The number of carbonyl (C=O) groups is 1. The maximum atomic E-state index is 13.0. The fraction of sp³-hybridized carbons (Fsp3) is 0.316. The number of β-amino-alcohol motifs (C(OH)–C–C–N with tert-alkyl or cyclic N) is 1. The summed E-state index contributed by atoms with van der Waals surface area (Å²) in [5, 5.41) is 14.5. The molecule has 0 spiro atoms. The van der Waals surface area contributed by atoms with E-state index < -0.39 is 5.60 Å². The second-order valence-electron chi connectivity index (χ2n) is 6.68. The van der Waals surface area contributed by atoms with E-state index in [1.54, 1.807) is 11.8 Å². The molecule has 0 radical (unpaired) electrons. The highest BCUT2D eigenvalue weighted by Crippen LogP contribution is 2.32. The van der Waals surface area contributed by atoms with Gasteiger partial charge in [-0.25, -0.2) is 0 Å². The topological polar surface area (TPSA) is 84.4 Å². The van der Waals surface area contributed by atoms with Gasteiger partial charge in [0.05, 0.1) is 6.54 Å². The first-order valence-corrected chi connectivity index (χ1v) is 8.51. The molecule has 0 aliphatic carbocycles. The number of likely N-dealkylation sites (tertiary alicyclic amines) is 1. The van der Waals surface area contributed by atoms with Crippen LogP contribution in [0.3, 0.4) is 0 Å². The number of aromatic nitrogens is 3. The standard InChI is InChI=1S/C19H20N4O3/c1-13-20-18(26-21-13)19(25)10-11-23(12-19)17(24)16-9-8-15(22(16)2)14-6-4-3-5-7-14/h3-9,25H,10-12H2,1-2H3. The maximum Gasteiger partial charge on any atom is 0.270 e. The molecule has 7 heteroatoms. The van der Waals surface area contributed by atoms with Crippen molar-refractivity contribution < 1.29 is 14.4 Å². The van der Waals surface area contributed by atoms with Crippen LogP contribution in [0.2, 0.25) is 0 Å². The maximum absolute atomic E-state index is 13.0. The van der Waals surface area contributed by atoms with E-state index in [9.17, 15) is 9.90 Å². The van der Waals surface area contributed by atoms with Gasteiger partial charge in [0.2, 0.25) is 0 Å². The molecule has 0 saturated carbocycles. The summed E-state index contributed by atoms with van der Waals surface area (Å²) in [4.78, 5) is 18.7. The molecular formula is C19H20N4O3. The lowest BCUT2D eigenvalue weighted by atomic mass is 10.0. The molecule has 1 atom stereocenters. The number of carbonyl (C=O) groups excluding carboxylic acids is 1. The van der Waals surface area contributed by atoms with E-state index in [-0.39, 0.29) is 18.3 Å². The van der Waals surface area contributed by atoms with Crippen molar-refractivity contribution in [2.75, 3.05) is 13.1 Å². The molecule has 7 nitrogen and oxygen atoms in total. The Bertz CT molecular complexity index is 947. The molecule has 134 valence electrons. The summed E-state index contributed by atoms with van der Waals surface area (Å²) < 4.78 is 7.00. The van der Waals surface area contributed by atoms with E-state index in [0.717, 1.165) is 11.3 Å². The van der Waals surface area contributed by atoms with Gasteiger partial charge in [-0.2, -0.15) is 4.98 Å². The van der Waals surface area contributed by atoms with Crippen molar-refractivity contribution in [1.82, 2.24) is 19.6 Å². The Morgan fingerprint density at radius 3 is 2.69 bits per heavy atom. The van der Waals surface area contributed by atoms with E-state index in [1.807, 2.05) is 54.1 Å². The third-order valence-corrected chi connectivity index (χ3v) is 4.87. The second kappa shape index (κ2) is 6.10. The van der Waals surface area contributed by atoms with Gasteiger partial charge in [0, 0.05) is 25.7 Å². The van der Waals surface area contributed by atoms with Crippen LogP contribution in [0.25, 0.3) is 11.3 Å². The minimum absolute atomic E-state index is 0.123. The Balaban J connectivity index is 1.57. The van der Waals surface area contributed by atoms with Crippen LogP contribution in [0.15, 0.2) is 47.0 Å². The lowest BCUT2D eigenvalue weighted by Gasteiger charge is -2.20. The van der Waals surface area contributed by atoms with Crippen LogP contribution in [0.4, 0.5) is 0 Å². The highest BCUT2D eigenvalue weighted by Gasteiger charge is 2.44. The molecule has 1 N–H and O–H groups in total. The van der Waals surface area contributed by atoms with Gasteiger partial charge in [-0.1, -0.05) is 35.5 Å². The molecule has 4 rings (SSSR count). The van der Waals surface area contributed by atoms with Gasteiger partial charge < -0.3 is 19.1 Å². The molecule has 1 fully saturated rings. The van der Waals surface area contributed by atoms with Crippen LogP contribution in [0.1, 0.15) is 28.6 Å². The van der Waals surface area contributed by atoms with Crippen LogP contribution < -0.4 is 0 Å². The predicted octanol–water partition coefficient (Wildman–Crippen LogP) is 2.12. The third kappa shape index (κ3) is 2.70. The molecule has 1 unspecified atom stereocenters. The van der Waals surface area contributed by atoms with Gasteiger partial charge in [0.15, 0.2) is 11.4 Å². The summed E-state index contributed by atoms with van der Waals surface area (Å²) in [5.41, 5.74) is 1.31. The monoisotopic (exact) mass is 352 g/mol. The van der Waals surface area contributed by atoms with Crippen LogP contribution in [0.5, 0.6) is 0 Å². The van der Waals surface area contributed by atoms with Crippen molar-refractivity contribution in [3.05, 3.63) is 59.9 Å². The fourth-order valence-electron chi connectivity index (χ4n) is 3.41. The summed E-state index contributed by atoms with van der Waals surface area (Å²) in [6, 6.07) is 13.7. The van der Waals surface area contributed by atoms with Gasteiger partial charge >= 0.3 is 0 Å². The Morgan fingerprint density at radius 1 is 1.23 bits per heavy atom. The molecule has 1 aliphatic heterocycles. The summed E-state index contributed by atoms with van der Waals surface area (Å²) in [6.07, 6.45) is 0.371. The largest absolute Gasteiger partial charge is 0.378 e. The van der Waals surface area contributed by atoms with Gasteiger partial charge in [0.1, 0.15) is 5.69 Å². The van der Waals surface area contributed by atoms with E-state index in [1.165, 1.54) is 0 Å². The summed E-state index contributed by atoms with van der Waals surface area (Å²) >= 11 is 0. The molecule has 2 aromatic heterocycles. The lowest BCUT2D eigenvalue weighted by molar-refractivity contribution is 0.0135. The number of rotatable bonds is 3. The summed E-state index contributed by atoms with van der Waals surface area (Å²) in [5.74, 6) is 0.511. The first kappa shape index (κ1) is 16.5. The molecule has 3 heterocycles. The van der Waals surface area contributed by atoms with Crippen molar-refractivity contribution in [2.24, 2.45) is 7.05 Å². The van der Waals surface area contributed by atoms with Crippen molar-refractivity contribution in [3.63, 3.8) is 0 Å². The smallest absolute Gasteiger partial charge is 0.270 e. The normalized spacial score (nSPS) is 19.9. The zero-order valence-electron chi connectivity index (χ0n) is 14.7. The van der Waals surface area contributed by atoms with Gasteiger partial charge in [-0.05, 0) is 24.6 Å². The zero-order valence-corrected chi connectivity index (χ0v) is 14.7. The number of amides is 1. The molecule has 3 aromatic rings. The van der Waals surface area contributed by atoms with E-state index in [4.69, 9.17) is 4.52 Å². The number of nitrogens with zero attached hydrogens (tertiary/aromatic N) is 4.